The second-order valence-electron chi connectivity index (χ2n) is 2.34. The van der Waals surface area contributed by atoms with E-state index in [1.54, 1.807) is 0 Å². The molecular formula is C10H13N. The first-order chi connectivity index (χ1) is 5.38. The summed E-state index contributed by atoms with van der Waals surface area (Å²) in [6.45, 7) is 2.02. The highest BCUT2D eigenvalue weighted by Gasteiger charge is 1.91. The molecule has 1 aromatic carbocycles. The van der Waals surface area contributed by atoms with Gasteiger partial charge in [0.15, 0.2) is 0 Å². The van der Waals surface area contributed by atoms with E-state index in [4.69, 9.17) is 0 Å². The minimum atomic E-state index is 1.17. The number of hydrogen-bond donors (Lipinski definition) is 1. The molecule has 0 bridgehead atoms. The number of hydrogen-bond acceptors (Lipinski definition) is 1. The zero-order valence-corrected chi connectivity index (χ0v) is 6.96. The van der Waals surface area contributed by atoms with Crippen LogP contribution in [0.1, 0.15) is 12.5 Å². The molecule has 0 radical (unpaired) electrons. The highest BCUT2D eigenvalue weighted by atomic mass is 14.8. The quantitative estimate of drug-likeness (QED) is 0.678. The van der Waals surface area contributed by atoms with Crippen molar-refractivity contribution in [1.29, 1.82) is 0 Å². The second kappa shape index (κ2) is 3.81. The van der Waals surface area contributed by atoms with Crippen LogP contribution in [0.3, 0.4) is 0 Å². The van der Waals surface area contributed by atoms with Gasteiger partial charge in [-0.1, -0.05) is 30.4 Å². The number of anilines is 1. The van der Waals surface area contributed by atoms with E-state index in [0.717, 1.165) is 0 Å². The lowest BCUT2D eigenvalue weighted by molar-refractivity contribution is 1.49. The summed E-state index contributed by atoms with van der Waals surface area (Å²) < 4.78 is 0. The lowest BCUT2D eigenvalue weighted by Gasteiger charge is -2.02. The van der Waals surface area contributed by atoms with Crippen LogP contribution in [-0.4, -0.2) is 7.05 Å². The second-order valence-corrected chi connectivity index (χ2v) is 2.34. The minimum absolute atomic E-state index is 1.17. The third-order valence-electron chi connectivity index (χ3n) is 1.58. The van der Waals surface area contributed by atoms with E-state index in [0.29, 0.717) is 0 Å². The number of nitrogens with one attached hydrogen (secondary N) is 1. The number of rotatable bonds is 2. The molecule has 1 heteroatoms. The Morgan fingerprint density at radius 3 is 2.64 bits per heavy atom. The Hall–Kier alpha value is -1.24. The van der Waals surface area contributed by atoms with Crippen molar-refractivity contribution in [2.75, 3.05) is 12.4 Å². The molecule has 0 fully saturated rings. The summed E-state index contributed by atoms with van der Waals surface area (Å²) in [6.07, 6.45) is 4.13. The van der Waals surface area contributed by atoms with Gasteiger partial charge < -0.3 is 5.32 Å². The van der Waals surface area contributed by atoms with Crippen LogP contribution in [0.25, 0.3) is 6.08 Å². The Morgan fingerprint density at radius 1 is 1.27 bits per heavy atom. The fourth-order valence-electron chi connectivity index (χ4n) is 1.05. The number of benzene rings is 1. The van der Waals surface area contributed by atoms with Gasteiger partial charge >= 0.3 is 0 Å². The molecule has 1 rings (SSSR count). The van der Waals surface area contributed by atoms with E-state index < -0.39 is 0 Å². The van der Waals surface area contributed by atoms with Crippen LogP contribution in [0.4, 0.5) is 5.69 Å². The van der Waals surface area contributed by atoms with E-state index >= 15 is 0 Å². The van der Waals surface area contributed by atoms with Gasteiger partial charge in [0, 0.05) is 12.7 Å². The van der Waals surface area contributed by atoms with Crippen molar-refractivity contribution in [3.8, 4) is 0 Å². The molecule has 0 aliphatic heterocycles. The zero-order valence-electron chi connectivity index (χ0n) is 6.96. The van der Waals surface area contributed by atoms with Crippen molar-refractivity contribution in [2.24, 2.45) is 0 Å². The maximum Gasteiger partial charge on any atom is 0.0411 e. The standard InChI is InChI=1S/C10H13N/c1-3-6-9-7-4-5-8-10(9)11-2/h3-8,11H,1-2H3/b6-3-. The molecule has 0 aliphatic carbocycles. The molecule has 11 heavy (non-hydrogen) atoms. The maximum absolute atomic E-state index is 3.13. The molecule has 0 unspecified atom stereocenters. The van der Waals surface area contributed by atoms with E-state index in [1.807, 2.05) is 32.2 Å². The average Bonchev–Trinajstić information content (AvgIpc) is 2.06. The van der Waals surface area contributed by atoms with Crippen molar-refractivity contribution in [3.05, 3.63) is 35.9 Å². The van der Waals surface area contributed by atoms with Crippen LogP contribution in [0.2, 0.25) is 0 Å². The topological polar surface area (TPSA) is 12.0 Å². The van der Waals surface area contributed by atoms with Crippen molar-refractivity contribution >= 4 is 11.8 Å². The van der Waals surface area contributed by atoms with Gasteiger partial charge in [0.05, 0.1) is 0 Å². The summed E-state index contributed by atoms with van der Waals surface area (Å²) >= 11 is 0. The Labute approximate surface area is 67.8 Å². The molecule has 1 nitrogen and oxygen atoms in total. The summed E-state index contributed by atoms with van der Waals surface area (Å²) in [5, 5.41) is 3.13. The van der Waals surface area contributed by atoms with Crippen molar-refractivity contribution in [3.63, 3.8) is 0 Å². The molecular weight excluding hydrogens is 134 g/mol. The molecule has 0 spiro atoms. The SMILES string of the molecule is C/C=C\c1ccccc1NC. The Morgan fingerprint density at radius 2 is 2.00 bits per heavy atom. The van der Waals surface area contributed by atoms with Gasteiger partial charge in [-0.05, 0) is 18.6 Å². The molecule has 1 aromatic rings. The third-order valence-corrected chi connectivity index (χ3v) is 1.58. The molecule has 1 N–H and O–H groups in total. The van der Waals surface area contributed by atoms with Crippen LogP contribution in [0, 0.1) is 0 Å². The summed E-state index contributed by atoms with van der Waals surface area (Å²) in [6, 6.07) is 8.22. The predicted octanol–water partition coefficient (Wildman–Crippen LogP) is 2.76. The van der Waals surface area contributed by atoms with Gasteiger partial charge in [0.2, 0.25) is 0 Å². The summed E-state index contributed by atoms with van der Waals surface area (Å²) in [5.74, 6) is 0. The third kappa shape index (κ3) is 1.84. The highest BCUT2D eigenvalue weighted by molar-refractivity contribution is 5.65. The van der Waals surface area contributed by atoms with Gasteiger partial charge in [-0.3, -0.25) is 0 Å². The monoisotopic (exact) mass is 147 g/mol. The van der Waals surface area contributed by atoms with Crippen LogP contribution in [-0.2, 0) is 0 Å². The van der Waals surface area contributed by atoms with Gasteiger partial charge in [-0.15, -0.1) is 0 Å². The maximum atomic E-state index is 3.13. The van der Waals surface area contributed by atoms with Crippen molar-refractivity contribution in [2.45, 2.75) is 6.92 Å². The molecule has 0 aliphatic rings. The fraction of sp³-hybridized carbons (Fsp3) is 0.200. The number of para-hydroxylation sites is 1. The summed E-state index contributed by atoms with van der Waals surface area (Å²) in [7, 11) is 1.93. The smallest absolute Gasteiger partial charge is 0.0411 e. The molecule has 0 saturated heterocycles. The van der Waals surface area contributed by atoms with Crippen LogP contribution >= 0.6 is 0 Å². The molecule has 0 amide bonds. The number of allylic oxidation sites excluding steroid dienone is 1. The molecule has 0 atom stereocenters. The molecule has 58 valence electrons. The zero-order chi connectivity index (χ0) is 8.10. The van der Waals surface area contributed by atoms with E-state index in [9.17, 15) is 0 Å². The first kappa shape index (κ1) is 7.86. The largest absolute Gasteiger partial charge is 0.388 e. The van der Waals surface area contributed by atoms with Crippen LogP contribution < -0.4 is 5.32 Å². The van der Waals surface area contributed by atoms with E-state index in [-0.39, 0.29) is 0 Å². The molecule has 0 heterocycles. The van der Waals surface area contributed by atoms with Crippen LogP contribution in [0.15, 0.2) is 30.3 Å². The van der Waals surface area contributed by atoms with Gasteiger partial charge in [-0.2, -0.15) is 0 Å². The average molecular weight is 147 g/mol. The lowest BCUT2D eigenvalue weighted by Crippen LogP contribution is -1.89. The minimum Gasteiger partial charge on any atom is -0.388 e. The van der Waals surface area contributed by atoms with Gasteiger partial charge in [0.25, 0.3) is 0 Å². The first-order valence-electron chi connectivity index (χ1n) is 3.78. The molecule has 0 aromatic heterocycles. The lowest BCUT2D eigenvalue weighted by atomic mass is 10.1. The Bertz CT molecular complexity index is 251. The fourth-order valence-corrected chi connectivity index (χ4v) is 1.05. The van der Waals surface area contributed by atoms with E-state index in [2.05, 4.69) is 23.5 Å². The van der Waals surface area contributed by atoms with Gasteiger partial charge in [0.1, 0.15) is 0 Å². The van der Waals surface area contributed by atoms with Crippen LogP contribution in [0.5, 0.6) is 0 Å². The normalized spacial score (nSPS) is 10.4. The van der Waals surface area contributed by atoms with Crippen molar-refractivity contribution < 1.29 is 0 Å². The highest BCUT2D eigenvalue weighted by Crippen LogP contribution is 2.15. The summed E-state index contributed by atoms with van der Waals surface area (Å²) in [4.78, 5) is 0. The Balaban J connectivity index is 3.02. The first-order valence-corrected chi connectivity index (χ1v) is 3.78. The molecule has 0 saturated carbocycles. The van der Waals surface area contributed by atoms with Crippen molar-refractivity contribution in [1.82, 2.24) is 0 Å². The van der Waals surface area contributed by atoms with E-state index in [1.165, 1.54) is 11.3 Å². The predicted molar refractivity (Wildman–Crippen MR) is 50.7 cm³/mol. The Kier molecular flexibility index (Phi) is 2.73. The van der Waals surface area contributed by atoms with Gasteiger partial charge in [-0.25, -0.2) is 0 Å². The summed E-state index contributed by atoms with van der Waals surface area (Å²) in [5.41, 5.74) is 2.41.